The summed E-state index contributed by atoms with van der Waals surface area (Å²) in [5.74, 6) is 1.78. The second-order valence-electron chi connectivity index (χ2n) is 6.24. The number of nitrogens with two attached hydrogens (primary N) is 1. The van der Waals surface area contributed by atoms with Crippen LogP contribution in [0.2, 0.25) is 0 Å². The molecule has 2 atom stereocenters. The maximum Gasteiger partial charge on any atom is 0.193 e. The summed E-state index contributed by atoms with van der Waals surface area (Å²) in [7, 11) is 0. The second kappa shape index (κ2) is 6.22. The van der Waals surface area contributed by atoms with Gasteiger partial charge in [-0.1, -0.05) is 36.4 Å². The molecule has 1 aliphatic carbocycles. The van der Waals surface area contributed by atoms with Gasteiger partial charge in [0.05, 0.1) is 0 Å². The lowest BCUT2D eigenvalue weighted by Gasteiger charge is -2.08. The Hall–Kier alpha value is -2.29. The summed E-state index contributed by atoms with van der Waals surface area (Å²) in [5.41, 5.74) is 10.9. The number of guanidine groups is 1. The topological polar surface area (TPSA) is 50.4 Å². The molecule has 114 valence electrons. The van der Waals surface area contributed by atoms with Crippen molar-refractivity contribution in [3.63, 3.8) is 0 Å². The third-order valence-corrected chi connectivity index (χ3v) is 4.14. The molecule has 2 aromatic rings. The third-order valence-electron chi connectivity index (χ3n) is 4.14. The Kier molecular flexibility index (Phi) is 4.14. The molecule has 1 aliphatic rings. The highest BCUT2D eigenvalue weighted by Crippen LogP contribution is 2.47. The predicted molar refractivity (Wildman–Crippen MR) is 93.3 cm³/mol. The van der Waals surface area contributed by atoms with Crippen molar-refractivity contribution in [1.82, 2.24) is 0 Å². The number of aryl methyl sites for hydroxylation is 2. The molecule has 0 spiro atoms. The van der Waals surface area contributed by atoms with E-state index in [4.69, 9.17) is 5.73 Å². The first kappa shape index (κ1) is 14.6. The van der Waals surface area contributed by atoms with Crippen molar-refractivity contribution in [2.45, 2.75) is 26.2 Å². The van der Waals surface area contributed by atoms with Gasteiger partial charge in [-0.15, -0.1) is 0 Å². The van der Waals surface area contributed by atoms with Crippen LogP contribution in [-0.2, 0) is 0 Å². The summed E-state index contributed by atoms with van der Waals surface area (Å²) >= 11 is 0. The molecule has 0 radical (unpaired) electrons. The average molecular weight is 293 g/mol. The van der Waals surface area contributed by atoms with Gasteiger partial charge in [0.1, 0.15) is 0 Å². The quantitative estimate of drug-likeness (QED) is 0.665. The van der Waals surface area contributed by atoms with Gasteiger partial charge in [0.15, 0.2) is 5.96 Å². The van der Waals surface area contributed by atoms with Crippen LogP contribution in [0.1, 0.15) is 29.0 Å². The summed E-state index contributed by atoms with van der Waals surface area (Å²) in [6, 6.07) is 17.0. The SMILES string of the molecule is Cc1cc(C)cc(NC(N)=NCC2CC2c2ccccc2)c1. The molecule has 3 rings (SSSR count). The lowest BCUT2D eigenvalue weighted by molar-refractivity contribution is 0.809. The van der Waals surface area contributed by atoms with Gasteiger partial charge in [-0.05, 0) is 60.9 Å². The van der Waals surface area contributed by atoms with Crippen molar-refractivity contribution in [2.24, 2.45) is 16.6 Å². The molecule has 3 N–H and O–H groups in total. The number of aliphatic imine (C=N–C) groups is 1. The molecule has 0 bridgehead atoms. The second-order valence-corrected chi connectivity index (χ2v) is 6.24. The van der Waals surface area contributed by atoms with Crippen molar-refractivity contribution in [1.29, 1.82) is 0 Å². The predicted octanol–water partition coefficient (Wildman–Crippen LogP) is 3.83. The minimum absolute atomic E-state index is 0.503. The van der Waals surface area contributed by atoms with E-state index in [9.17, 15) is 0 Å². The van der Waals surface area contributed by atoms with E-state index in [1.807, 2.05) is 0 Å². The van der Waals surface area contributed by atoms with Crippen molar-refractivity contribution >= 4 is 11.6 Å². The van der Waals surface area contributed by atoms with Crippen LogP contribution in [0.15, 0.2) is 53.5 Å². The number of nitrogens with zero attached hydrogens (tertiary/aromatic N) is 1. The molecule has 3 nitrogen and oxygen atoms in total. The summed E-state index contributed by atoms with van der Waals surface area (Å²) in [6.45, 7) is 4.96. The summed E-state index contributed by atoms with van der Waals surface area (Å²) in [5, 5.41) is 3.19. The molecule has 22 heavy (non-hydrogen) atoms. The van der Waals surface area contributed by atoms with Crippen molar-refractivity contribution < 1.29 is 0 Å². The summed E-state index contributed by atoms with van der Waals surface area (Å²) in [4.78, 5) is 4.50. The highest BCUT2D eigenvalue weighted by Gasteiger charge is 2.37. The number of anilines is 1. The van der Waals surface area contributed by atoms with E-state index in [2.05, 4.69) is 72.7 Å². The fourth-order valence-electron chi connectivity index (χ4n) is 3.01. The molecule has 1 saturated carbocycles. The van der Waals surface area contributed by atoms with Crippen LogP contribution in [0.25, 0.3) is 0 Å². The zero-order valence-electron chi connectivity index (χ0n) is 13.2. The first-order chi connectivity index (χ1) is 10.6. The first-order valence-electron chi connectivity index (χ1n) is 7.82. The van der Waals surface area contributed by atoms with E-state index in [-0.39, 0.29) is 0 Å². The van der Waals surface area contributed by atoms with Crippen molar-refractivity contribution in [2.75, 3.05) is 11.9 Å². The van der Waals surface area contributed by atoms with Crippen LogP contribution in [0.3, 0.4) is 0 Å². The largest absolute Gasteiger partial charge is 0.370 e. The number of benzene rings is 2. The first-order valence-corrected chi connectivity index (χ1v) is 7.82. The van der Waals surface area contributed by atoms with Gasteiger partial charge in [0.2, 0.25) is 0 Å². The Bertz CT molecular complexity index is 656. The van der Waals surface area contributed by atoms with E-state index in [0.29, 0.717) is 17.8 Å². The summed E-state index contributed by atoms with van der Waals surface area (Å²) < 4.78 is 0. The van der Waals surface area contributed by atoms with E-state index in [0.717, 1.165) is 12.2 Å². The normalized spacial score (nSPS) is 20.7. The Morgan fingerprint density at radius 1 is 1.14 bits per heavy atom. The fraction of sp³-hybridized carbons (Fsp3) is 0.316. The number of hydrogen-bond donors (Lipinski definition) is 2. The van der Waals surface area contributed by atoms with Crippen LogP contribution >= 0.6 is 0 Å². The van der Waals surface area contributed by atoms with Crippen LogP contribution in [0, 0.1) is 19.8 Å². The molecule has 1 fully saturated rings. The Morgan fingerprint density at radius 2 is 1.82 bits per heavy atom. The number of nitrogens with one attached hydrogen (secondary N) is 1. The molecule has 2 unspecified atom stereocenters. The van der Waals surface area contributed by atoms with Crippen LogP contribution in [0.5, 0.6) is 0 Å². The minimum atomic E-state index is 0.503. The summed E-state index contributed by atoms with van der Waals surface area (Å²) in [6.07, 6.45) is 1.21. The maximum absolute atomic E-state index is 6.00. The Balaban J connectivity index is 1.55. The van der Waals surface area contributed by atoms with E-state index >= 15 is 0 Å². The molecule has 3 heteroatoms. The molecule has 0 saturated heterocycles. The van der Waals surface area contributed by atoms with E-state index in [1.54, 1.807) is 0 Å². The van der Waals surface area contributed by atoms with Crippen molar-refractivity contribution in [3.05, 3.63) is 65.2 Å². The molecular formula is C19H23N3. The van der Waals surface area contributed by atoms with Crippen LogP contribution in [-0.4, -0.2) is 12.5 Å². The van der Waals surface area contributed by atoms with Crippen LogP contribution in [0.4, 0.5) is 5.69 Å². The van der Waals surface area contributed by atoms with E-state index in [1.165, 1.54) is 23.1 Å². The highest BCUT2D eigenvalue weighted by atomic mass is 15.1. The Labute approximate surface area is 132 Å². The monoisotopic (exact) mass is 293 g/mol. The van der Waals surface area contributed by atoms with Crippen molar-refractivity contribution in [3.8, 4) is 0 Å². The number of rotatable bonds is 4. The third kappa shape index (κ3) is 3.67. The van der Waals surface area contributed by atoms with Gasteiger partial charge >= 0.3 is 0 Å². The molecule has 0 aliphatic heterocycles. The standard InChI is InChI=1S/C19H23N3/c1-13-8-14(2)10-17(9-13)22-19(20)21-12-16-11-18(16)15-6-4-3-5-7-15/h3-10,16,18H,11-12H2,1-2H3,(H3,20,21,22). The van der Waals surface area contributed by atoms with Gasteiger partial charge in [0, 0.05) is 12.2 Å². The molecular weight excluding hydrogens is 270 g/mol. The molecule has 2 aromatic carbocycles. The van der Waals surface area contributed by atoms with Crippen LogP contribution < -0.4 is 11.1 Å². The average Bonchev–Trinajstić information content (AvgIpc) is 3.24. The van der Waals surface area contributed by atoms with Gasteiger partial charge in [0.25, 0.3) is 0 Å². The highest BCUT2D eigenvalue weighted by molar-refractivity contribution is 5.92. The Morgan fingerprint density at radius 3 is 2.50 bits per heavy atom. The van der Waals surface area contributed by atoms with Gasteiger partial charge in [-0.3, -0.25) is 4.99 Å². The molecule has 0 heterocycles. The molecule has 0 aromatic heterocycles. The van der Waals surface area contributed by atoms with Gasteiger partial charge in [-0.2, -0.15) is 0 Å². The van der Waals surface area contributed by atoms with E-state index < -0.39 is 0 Å². The smallest absolute Gasteiger partial charge is 0.193 e. The van der Waals surface area contributed by atoms with Gasteiger partial charge < -0.3 is 11.1 Å². The lowest BCUT2D eigenvalue weighted by Crippen LogP contribution is -2.23. The lowest BCUT2D eigenvalue weighted by atomic mass is 10.1. The van der Waals surface area contributed by atoms with Gasteiger partial charge in [-0.25, -0.2) is 0 Å². The minimum Gasteiger partial charge on any atom is -0.370 e. The fourth-order valence-corrected chi connectivity index (χ4v) is 3.01. The molecule has 0 amide bonds. The maximum atomic E-state index is 6.00. The zero-order chi connectivity index (χ0) is 15.5. The number of hydrogen-bond acceptors (Lipinski definition) is 1. The zero-order valence-corrected chi connectivity index (χ0v) is 13.2.